The van der Waals surface area contributed by atoms with Gasteiger partial charge in [0.2, 0.25) is 0 Å². The maximum atomic E-state index is 13.4. The topological polar surface area (TPSA) is 41.9 Å². The molecule has 152 valence electrons. The van der Waals surface area contributed by atoms with Gasteiger partial charge in [-0.05, 0) is 35.7 Å². The first-order chi connectivity index (χ1) is 13.2. The first-order valence-corrected chi connectivity index (χ1v) is 9.25. The van der Waals surface area contributed by atoms with Crippen molar-refractivity contribution in [2.45, 2.75) is 18.6 Å². The van der Waals surface area contributed by atoms with Crippen LogP contribution in [0.4, 0.5) is 4.39 Å². The minimum atomic E-state index is -0.618. The van der Waals surface area contributed by atoms with Gasteiger partial charge in [-0.3, -0.25) is 4.90 Å². The average molecular weight is 408 g/mol. The molecule has 3 rings (SSSR count). The number of hydrogen-bond acceptors (Lipinski definition) is 4. The minimum absolute atomic E-state index is 0. The van der Waals surface area contributed by atoms with E-state index >= 15 is 0 Å². The van der Waals surface area contributed by atoms with E-state index in [4.69, 9.17) is 9.47 Å². The van der Waals surface area contributed by atoms with Crippen LogP contribution < -0.4 is 4.74 Å². The van der Waals surface area contributed by atoms with Gasteiger partial charge in [0.25, 0.3) is 0 Å². The molecular formula is C22H27ClFNO3. The van der Waals surface area contributed by atoms with Crippen LogP contribution in [0.25, 0.3) is 0 Å². The number of aliphatic hydroxyl groups excluding tert-OH is 1. The highest BCUT2D eigenvalue weighted by Crippen LogP contribution is 2.23. The van der Waals surface area contributed by atoms with Gasteiger partial charge in [0.05, 0.1) is 12.7 Å². The zero-order chi connectivity index (χ0) is 19.1. The van der Waals surface area contributed by atoms with Crippen LogP contribution in [0.1, 0.15) is 17.2 Å². The monoisotopic (exact) mass is 407 g/mol. The van der Waals surface area contributed by atoms with E-state index in [1.54, 1.807) is 6.07 Å². The zero-order valence-corrected chi connectivity index (χ0v) is 16.6. The van der Waals surface area contributed by atoms with E-state index in [1.807, 2.05) is 36.4 Å². The van der Waals surface area contributed by atoms with Crippen molar-refractivity contribution in [2.24, 2.45) is 0 Å². The van der Waals surface area contributed by atoms with Crippen molar-refractivity contribution in [1.29, 1.82) is 0 Å². The molecule has 2 atom stereocenters. The number of rotatable bonds is 8. The Kier molecular flexibility index (Phi) is 8.93. The van der Waals surface area contributed by atoms with Crippen molar-refractivity contribution in [3.63, 3.8) is 0 Å². The maximum Gasteiger partial charge on any atom is 0.123 e. The van der Waals surface area contributed by atoms with E-state index in [2.05, 4.69) is 11.5 Å². The molecule has 1 saturated heterocycles. The fourth-order valence-electron chi connectivity index (χ4n) is 3.28. The summed E-state index contributed by atoms with van der Waals surface area (Å²) in [5.41, 5.74) is 1.88. The number of allylic oxidation sites excluding steroid dienone is 1. The zero-order valence-electron chi connectivity index (χ0n) is 15.8. The largest absolute Gasteiger partial charge is 0.491 e. The van der Waals surface area contributed by atoms with Gasteiger partial charge in [0, 0.05) is 19.6 Å². The van der Waals surface area contributed by atoms with Crippen molar-refractivity contribution in [3.05, 3.63) is 78.1 Å². The predicted octanol–water partition coefficient (Wildman–Crippen LogP) is 3.79. The third-order valence-electron chi connectivity index (χ3n) is 4.61. The number of morpholine rings is 1. The highest BCUT2D eigenvalue weighted by molar-refractivity contribution is 5.85. The maximum absolute atomic E-state index is 13.4. The summed E-state index contributed by atoms with van der Waals surface area (Å²) in [6.45, 7) is 6.37. The van der Waals surface area contributed by atoms with E-state index in [0.29, 0.717) is 19.7 Å². The van der Waals surface area contributed by atoms with Crippen LogP contribution in [0.15, 0.2) is 61.2 Å². The number of benzene rings is 2. The van der Waals surface area contributed by atoms with Gasteiger partial charge >= 0.3 is 0 Å². The Bertz CT molecular complexity index is 758. The summed E-state index contributed by atoms with van der Waals surface area (Å²) in [6, 6.07) is 14.3. The second kappa shape index (κ2) is 11.2. The van der Waals surface area contributed by atoms with E-state index < -0.39 is 6.10 Å². The van der Waals surface area contributed by atoms with Gasteiger partial charge in [-0.2, -0.15) is 0 Å². The lowest BCUT2D eigenvalue weighted by molar-refractivity contribution is -0.0460. The van der Waals surface area contributed by atoms with E-state index in [1.165, 1.54) is 12.1 Å². The standard InChI is InChI=1S/C22H26FNO3.ClH/c1-2-6-17-7-3-4-10-21(17)27-16-20(25)14-24-11-12-26-22(15-24)18-8-5-9-19(23)13-18;/h2-5,7-10,13,20,22,25H,1,6,11-12,14-16H2;1H. The minimum Gasteiger partial charge on any atom is -0.491 e. The van der Waals surface area contributed by atoms with E-state index in [0.717, 1.165) is 29.8 Å². The summed E-state index contributed by atoms with van der Waals surface area (Å²) in [5, 5.41) is 10.4. The highest BCUT2D eigenvalue weighted by atomic mass is 35.5. The summed E-state index contributed by atoms with van der Waals surface area (Å²) in [4.78, 5) is 2.13. The Morgan fingerprint density at radius 2 is 2.11 bits per heavy atom. The van der Waals surface area contributed by atoms with Crippen molar-refractivity contribution >= 4 is 12.4 Å². The van der Waals surface area contributed by atoms with Crippen LogP contribution in [0.5, 0.6) is 5.75 Å². The van der Waals surface area contributed by atoms with Crippen molar-refractivity contribution in [1.82, 2.24) is 4.90 Å². The molecule has 2 aromatic carbocycles. The van der Waals surface area contributed by atoms with Gasteiger partial charge in [-0.25, -0.2) is 4.39 Å². The number of β-amino-alcohol motifs (C(OH)–C–C–N with tert-alkyl or cyclic N) is 1. The Hall–Kier alpha value is -1.92. The molecule has 0 radical (unpaired) electrons. The van der Waals surface area contributed by atoms with Gasteiger partial charge < -0.3 is 14.6 Å². The third-order valence-corrected chi connectivity index (χ3v) is 4.61. The lowest BCUT2D eigenvalue weighted by Crippen LogP contribution is -2.43. The molecule has 0 amide bonds. The molecule has 1 aliphatic heterocycles. The molecule has 28 heavy (non-hydrogen) atoms. The van der Waals surface area contributed by atoms with Gasteiger partial charge in [0.1, 0.15) is 24.3 Å². The summed E-state index contributed by atoms with van der Waals surface area (Å²) >= 11 is 0. The highest BCUT2D eigenvalue weighted by Gasteiger charge is 2.24. The number of aliphatic hydroxyl groups is 1. The van der Waals surface area contributed by atoms with Crippen molar-refractivity contribution in [2.75, 3.05) is 32.8 Å². The van der Waals surface area contributed by atoms with Crippen LogP contribution in [-0.4, -0.2) is 49.0 Å². The molecule has 1 aliphatic rings. The summed E-state index contributed by atoms with van der Waals surface area (Å²) in [5.74, 6) is 0.510. The number of hydrogen-bond donors (Lipinski definition) is 1. The second-order valence-electron chi connectivity index (χ2n) is 6.74. The average Bonchev–Trinajstić information content (AvgIpc) is 2.68. The molecule has 4 nitrogen and oxygen atoms in total. The number of halogens is 2. The number of para-hydroxylation sites is 1. The van der Waals surface area contributed by atoms with Crippen LogP contribution in [0, 0.1) is 5.82 Å². The molecule has 0 aromatic heterocycles. The lowest BCUT2D eigenvalue weighted by atomic mass is 10.1. The molecule has 6 heteroatoms. The van der Waals surface area contributed by atoms with Crippen LogP contribution in [0.2, 0.25) is 0 Å². The van der Waals surface area contributed by atoms with E-state index in [-0.39, 0.29) is 30.9 Å². The molecule has 0 saturated carbocycles. The summed E-state index contributed by atoms with van der Waals surface area (Å²) in [7, 11) is 0. The molecule has 0 bridgehead atoms. The molecular weight excluding hydrogens is 381 g/mol. The normalized spacial score (nSPS) is 18.1. The molecule has 0 spiro atoms. The fourth-order valence-corrected chi connectivity index (χ4v) is 3.28. The van der Waals surface area contributed by atoms with Crippen LogP contribution in [0.3, 0.4) is 0 Å². The molecule has 1 heterocycles. The summed E-state index contributed by atoms with van der Waals surface area (Å²) < 4.78 is 25.0. The second-order valence-corrected chi connectivity index (χ2v) is 6.74. The summed E-state index contributed by atoms with van der Waals surface area (Å²) in [6.07, 6.45) is 1.76. The third kappa shape index (κ3) is 6.31. The predicted molar refractivity (Wildman–Crippen MR) is 111 cm³/mol. The smallest absolute Gasteiger partial charge is 0.123 e. The molecule has 1 fully saturated rings. The van der Waals surface area contributed by atoms with Gasteiger partial charge in [0.15, 0.2) is 0 Å². The number of nitrogens with zero attached hydrogens (tertiary/aromatic N) is 1. The quantitative estimate of drug-likeness (QED) is 0.676. The molecule has 2 unspecified atom stereocenters. The van der Waals surface area contributed by atoms with Crippen molar-refractivity contribution < 1.29 is 19.0 Å². The molecule has 0 aliphatic carbocycles. The molecule has 1 N–H and O–H groups in total. The number of ether oxygens (including phenoxy) is 2. The fraction of sp³-hybridized carbons (Fsp3) is 0.364. The Morgan fingerprint density at radius 1 is 1.29 bits per heavy atom. The Labute approximate surface area is 172 Å². The molecule has 2 aromatic rings. The first kappa shape index (κ1) is 22.4. The Morgan fingerprint density at radius 3 is 2.89 bits per heavy atom. The van der Waals surface area contributed by atoms with Gasteiger partial charge in [-0.1, -0.05) is 36.4 Å². The van der Waals surface area contributed by atoms with Crippen LogP contribution in [-0.2, 0) is 11.2 Å². The Balaban J connectivity index is 0.00000280. The van der Waals surface area contributed by atoms with Gasteiger partial charge in [-0.15, -0.1) is 19.0 Å². The van der Waals surface area contributed by atoms with E-state index in [9.17, 15) is 9.50 Å². The lowest BCUT2D eigenvalue weighted by Gasteiger charge is -2.34. The van der Waals surface area contributed by atoms with Crippen LogP contribution >= 0.6 is 12.4 Å². The van der Waals surface area contributed by atoms with Crippen molar-refractivity contribution in [3.8, 4) is 5.75 Å². The SMILES string of the molecule is C=CCc1ccccc1OCC(O)CN1CCOC(c2cccc(F)c2)C1.Cl. The first-order valence-electron chi connectivity index (χ1n) is 9.25.